The van der Waals surface area contributed by atoms with Gasteiger partial charge in [0.25, 0.3) is 0 Å². The van der Waals surface area contributed by atoms with Crippen molar-refractivity contribution in [3.63, 3.8) is 0 Å². The van der Waals surface area contributed by atoms with E-state index in [1.54, 1.807) is 0 Å². The lowest BCUT2D eigenvalue weighted by molar-refractivity contribution is -0.143. The molecule has 122 valence electrons. The average Bonchev–Trinajstić information content (AvgIpc) is 2.59. The van der Waals surface area contributed by atoms with Gasteiger partial charge in [-0.2, -0.15) is 0 Å². The van der Waals surface area contributed by atoms with Crippen LogP contribution in [0.2, 0.25) is 0 Å². The fourth-order valence-corrected chi connectivity index (χ4v) is 3.37. The number of carboxylic acids is 1. The second-order valence-electron chi connectivity index (χ2n) is 6.29. The Hall–Kier alpha value is -1.91. The fourth-order valence-electron chi connectivity index (χ4n) is 3.37. The predicted octanol–water partition coefficient (Wildman–Crippen LogP) is 2.52. The molecule has 4 heteroatoms. The van der Waals surface area contributed by atoms with Gasteiger partial charge >= 0.3 is 5.97 Å². The lowest BCUT2D eigenvalue weighted by atomic mass is 9.99. The van der Waals surface area contributed by atoms with Crippen LogP contribution >= 0.6 is 0 Å². The molecule has 2 aromatic rings. The second kappa shape index (κ2) is 7.11. The molecule has 1 aliphatic heterocycles. The molecule has 0 spiro atoms. The average molecular weight is 312 g/mol. The highest BCUT2D eigenvalue weighted by Gasteiger charge is 2.29. The highest BCUT2D eigenvalue weighted by molar-refractivity contribution is 5.83. The molecule has 1 heterocycles. The number of hydrogen-bond donors (Lipinski definition) is 2. The summed E-state index contributed by atoms with van der Waals surface area (Å²) in [7, 11) is 0. The number of fused-ring (bicyclic) bond motifs is 1. The van der Waals surface area contributed by atoms with Crippen molar-refractivity contribution in [2.24, 2.45) is 0 Å². The predicted molar refractivity (Wildman–Crippen MR) is 92.7 cm³/mol. The molecule has 0 aromatic heterocycles. The Kier molecular flexibility index (Phi) is 4.94. The molecular weight excluding hydrogens is 288 g/mol. The van der Waals surface area contributed by atoms with Crippen molar-refractivity contribution in [1.82, 2.24) is 10.2 Å². The van der Waals surface area contributed by atoms with E-state index in [0.717, 1.165) is 31.6 Å². The zero-order valence-corrected chi connectivity index (χ0v) is 13.5. The molecule has 2 N–H and O–H groups in total. The van der Waals surface area contributed by atoms with Gasteiger partial charge in [-0.25, -0.2) is 0 Å². The van der Waals surface area contributed by atoms with E-state index < -0.39 is 12.0 Å². The summed E-state index contributed by atoms with van der Waals surface area (Å²) in [6, 6.07) is 14.4. The van der Waals surface area contributed by atoms with Gasteiger partial charge in [0, 0.05) is 25.7 Å². The Bertz CT molecular complexity index is 686. The quantitative estimate of drug-likeness (QED) is 0.891. The second-order valence-corrected chi connectivity index (χ2v) is 6.29. The van der Waals surface area contributed by atoms with Crippen LogP contribution in [-0.4, -0.2) is 47.7 Å². The van der Waals surface area contributed by atoms with Crippen molar-refractivity contribution in [1.29, 1.82) is 0 Å². The van der Waals surface area contributed by atoms with Crippen LogP contribution in [0.1, 0.15) is 18.9 Å². The molecule has 2 atom stereocenters. The molecule has 2 aromatic carbocycles. The van der Waals surface area contributed by atoms with Gasteiger partial charge < -0.3 is 10.4 Å². The van der Waals surface area contributed by atoms with Gasteiger partial charge in [-0.3, -0.25) is 9.69 Å². The SMILES string of the molecule is CCC1CN(C(Cc2ccc3ccccc3c2)C(=O)O)CCN1. The number of carboxylic acid groups (broad SMARTS) is 1. The summed E-state index contributed by atoms with van der Waals surface area (Å²) in [5.74, 6) is -0.727. The molecule has 0 bridgehead atoms. The zero-order chi connectivity index (χ0) is 16.2. The van der Waals surface area contributed by atoms with Crippen LogP contribution < -0.4 is 5.32 Å². The third-order valence-electron chi connectivity index (χ3n) is 4.75. The van der Waals surface area contributed by atoms with Crippen LogP contribution in [0, 0.1) is 0 Å². The maximum absolute atomic E-state index is 11.8. The number of nitrogens with zero attached hydrogens (tertiary/aromatic N) is 1. The highest BCUT2D eigenvalue weighted by atomic mass is 16.4. The van der Waals surface area contributed by atoms with Gasteiger partial charge in [0.15, 0.2) is 0 Å². The molecular formula is C19H24N2O2. The van der Waals surface area contributed by atoms with Crippen molar-refractivity contribution >= 4 is 16.7 Å². The van der Waals surface area contributed by atoms with Crippen molar-refractivity contribution in [2.75, 3.05) is 19.6 Å². The molecule has 0 amide bonds. The van der Waals surface area contributed by atoms with Crippen molar-refractivity contribution in [2.45, 2.75) is 31.8 Å². The van der Waals surface area contributed by atoms with Gasteiger partial charge in [0.05, 0.1) is 0 Å². The number of benzene rings is 2. The number of piperazine rings is 1. The molecule has 4 nitrogen and oxygen atoms in total. The first-order chi connectivity index (χ1) is 11.2. The summed E-state index contributed by atoms with van der Waals surface area (Å²) in [6.07, 6.45) is 1.58. The van der Waals surface area contributed by atoms with Crippen LogP contribution in [0.4, 0.5) is 0 Å². The standard InChI is InChI=1S/C19H24N2O2/c1-2-17-13-21(10-9-20-17)18(19(22)23)12-14-7-8-15-5-3-4-6-16(15)11-14/h3-8,11,17-18,20H,2,9-10,12-13H2,1H3,(H,22,23). The minimum absolute atomic E-state index is 0.391. The smallest absolute Gasteiger partial charge is 0.321 e. The Morgan fingerprint density at radius 2 is 2.09 bits per heavy atom. The third kappa shape index (κ3) is 3.71. The van der Waals surface area contributed by atoms with Gasteiger partial charge in [-0.15, -0.1) is 0 Å². The largest absolute Gasteiger partial charge is 0.480 e. The van der Waals surface area contributed by atoms with Crippen LogP contribution in [-0.2, 0) is 11.2 Å². The van der Waals surface area contributed by atoms with E-state index in [1.165, 1.54) is 10.8 Å². The van der Waals surface area contributed by atoms with E-state index in [1.807, 2.05) is 12.1 Å². The van der Waals surface area contributed by atoms with Crippen molar-refractivity contribution in [3.8, 4) is 0 Å². The number of hydrogen-bond acceptors (Lipinski definition) is 3. The maximum Gasteiger partial charge on any atom is 0.321 e. The number of nitrogens with one attached hydrogen (secondary N) is 1. The highest BCUT2D eigenvalue weighted by Crippen LogP contribution is 2.19. The first kappa shape index (κ1) is 16.0. The molecule has 1 saturated heterocycles. The summed E-state index contributed by atoms with van der Waals surface area (Å²) in [6.45, 7) is 4.60. The third-order valence-corrected chi connectivity index (χ3v) is 4.75. The first-order valence-corrected chi connectivity index (χ1v) is 8.35. The number of carbonyl (C=O) groups is 1. The van der Waals surface area contributed by atoms with E-state index in [4.69, 9.17) is 0 Å². The van der Waals surface area contributed by atoms with Gasteiger partial charge in [0.1, 0.15) is 6.04 Å². The Morgan fingerprint density at radius 1 is 1.30 bits per heavy atom. The summed E-state index contributed by atoms with van der Waals surface area (Å²) in [5.41, 5.74) is 1.09. The molecule has 1 aliphatic rings. The van der Waals surface area contributed by atoms with Gasteiger partial charge in [-0.05, 0) is 29.2 Å². The van der Waals surface area contributed by atoms with Crippen LogP contribution in [0.25, 0.3) is 10.8 Å². The molecule has 0 aliphatic carbocycles. The van der Waals surface area contributed by atoms with Crippen molar-refractivity contribution < 1.29 is 9.90 Å². The minimum Gasteiger partial charge on any atom is -0.480 e. The maximum atomic E-state index is 11.8. The molecule has 1 fully saturated rings. The van der Waals surface area contributed by atoms with Crippen LogP contribution in [0.5, 0.6) is 0 Å². The van der Waals surface area contributed by atoms with Crippen LogP contribution in [0.15, 0.2) is 42.5 Å². The molecule has 0 saturated carbocycles. The lowest BCUT2D eigenvalue weighted by Crippen LogP contribution is -2.56. The summed E-state index contributed by atoms with van der Waals surface area (Å²) in [5, 5.41) is 15.5. The Morgan fingerprint density at radius 3 is 2.83 bits per heavy atom. The fraction of sp³-hybridized carbons (Fsp3) is 0.421. The molecule has 0 radical (unpaired) electrons. The topological polar surface area (TPSA) is 52.6 Å². The normalized spacial score (nSPS) is 20.5. The van der Waals surface area contributed by atoms with Crippen LogP contribution in [0.3, 0.4) is 0 Å². The van der Waals surface area contributed by atoms with E-state index in [0.29, 0.717) is 12.5 Å². The van der Waals surface area contributed by atoms with Gasteiger partial charge in [0.2, 0.25) is 0 Å². The minimum atomic E-state index is -0.727. The van der Waals surface area contributed by atoms with E-state index >= 15 is 0 Å². The lowest BCUT2D eigenvalue weighted by Gasteiger charge is -2.37. The van der Waals surface area contributed by atoms with E-state index in [-0.39, 0.29) is 0 Å². The number of rotatable bonds is 5. The van der Waals surface area contributed by atoms with Gasteiger partial charge in [-0.1, -0.05) is 49.4 Å². The molecule has 3 rings (SSSR count). The Balaban J connectivity index is 1.79. The molecule has 2 unspecified atom stereocenters. The zero-order valence-electron chi connectivity index (χ0n) is 13.5. The summed E-state index contributed by atoms with van der Waals surface area (Å²) in [4.78, 5) is 13.9. The van der Waals surface area contributed by atoms with Crippen molar-refractivity contribution in [3.05, 3.63) is 48.0 Å². The summed E-state index contributed by atoms with van der Waals surface area (Å²) < 4.78 is 0. The number of aliphatic carboxylic acids is 1. The van der Waals surface area contributed by atoms with E-state index in [2.05, 4.69) is 47.5 Å². The summed E-state index contributed by atoms with van der Waals surface area (Å²) >= 11 is 0. The van der Waals surface area contributed by atoms with E-state index in [9.17, 15) is 9.90 Å². The monoisotopic (exact) mass is 312 g/mol. The molecule has 23 heavy (non-hydrogen) atoms. The first-order valence-electron chi connectivity index (χ1n) is 8.35. The Labute approximate surface area is 137 Å².